The Bertz CT molecular complexity index is 336. The average Bonchev–Trinajstić information content (AvgIpc) is 2.16. The molecule has 0 aliphatic rings. The molecular weight excluding hydrogens is 166 g/mol. The largest absolute Gasteiger partial charge is 0.192 e. The van der Waals surface area contributed by atoms with Crippen molar-refractivity contribution in [3.63, 3.8) is 0 Å². The van der Waals surface area contributed by atoms with Gasteiger partial charge in [-0.15, -0.1) is 11.8 Å². The van der Waals surface area contributed by atoms with Gasteiger partial charge in [-0.3, -0.25) is 0 Å². The predicted octanol–water partition coefficient (Wildman–Crippen LogP) is 2.62. The van der Waals surface area contributed by atoms with Crippen LogP contribution in [0.15, 0.2) is 29.7 Å². The summed E-state index contributed by atoms with van der Waals surface area (Å²) in [6.45, 7) is 3.57. The van der Waals surface area contributed by atoms with Crippen molar-refractivity contribution in [1.29, 1.82) is 5.26 Å². The highest BCUT2D eigenvalue weighted by Crippen LogP contribution is 2.21. The maximum atomic E-state index is 8.62. The van der Waals surface area contributed by atoms with Crippen LogP contribution in [0, 0.1) is 17.4 Å². The van der Waals surface area contributed by atoms with E-state index in [0.717, 1.165) is 10.5 Å². The molecule has 1 rings (SSSR count). The molecule has 0 saturated heterocycles. The summed E-state index contributed by atoms with van der Waals surface area (Å²) in [5.41, 5.74) is 1.56. The zero-order valence-electron chi connectivity index (χ0n) is 6.79. The van der Waals surface area contributed by atoms with Gasteiger partial charge in [-0.1, -0.05) is 6.58 Å². The molecule has 1 aromatic rings. The number of nitriles is 1. The van der Waals surface area contributed by atoms with Crippen LogP contribution in [0.3, 0.4) is 0 Å². The van der Waals surface area contributed by atoms with E-state index >= 15 is 0 Å². The summed E-state index contributed by atoms with van der Waals surface area (Å²) in [6.07, 6.45) is 4.79. The molecule has 1 aromatic carbocycles. The van der Waals surface area contributed by atoms with Crippen LogP contribution in [0.25, 0.3) is 0 Å². The van der Waals surface area contributed by atoms with Gasteiger partial charge in [0.15, 0.2) is 0 Å². The lowest BCUT2D eigenvalue weighted by molar-refractivity contribution is 1.35. The second kappa shape index (κ2) is 3.99. The molecule has 1 nitrogen and oxygen atoms in total. The fraction of sp³-hybridized carbons (Fsp3) is 0.100. The van der Waals surface area contributed by atoms with Crippen LogP contribution < -0.4 is 0 Å². The van der Waals surface area contributed by atoms with Crippen molar-refractivity contribution in [2.24, 2.45) is 0 Å². The highest BCUT2D eigenvalue weighted by Gasteiger charge is 1.98. The lowest BCUT2D eigenvalue weighted by Crippen LogP contribution is -1.82. The Labute approximate surface area is 76.7 Å². The minimum Gasteiger partial charge on any atom is -0.192 e. The fourth-order valence-electron chi connectivity index (χ4n) is 0.916. The predicted molar refractivity (Wildman–Crippen MR) is 50.9 cm³/mol. The number of thioether (sulfide) groups is 1. The minimum absolute atomic E-state index is 0.652. The van der Waals surface area contributed by atoms with Gasteiger partial charge in [0.25, 0.3) is 0 Å². The first-order valence-electron chi connectivity index (χ1n) is 3.43. The molecule has 0 atom stereocenters. The number of benzene rings is 1. The zero-order chi connectivity index (χ0) is 8.97. The highest BCUT2D eigenvalue weighted by molar-refractivity contribution is 7.98. The first-order valence-corrected chi connectivity index (χ1v) is 4.65. The molecular formula is C10H8NS. The Kier molecular flexibility index (Phi) is 2.95. The molecule has 0 aliphatic heterocycles. The summed E-state index contributed by atoms with van der Waals surface area (Å²) in [4.78, 5) is 1.10. The van der Waals surface area contributed by atoms with E-state index in [-0.39, 0.29) is 0 Å². The van der Waals surface area contributed by atoms with E-state index in [1.807, 2.05) is 12.3 Å². The van der Waals surface area contributed by atoms with Crippen LogP contribution in [0.1, 0.15) is 11.1 Å². The Morgan fingerprint density at radius 1 is 1.50 bits per heavy atom. The maximum absolute atomic E-state index is 8.62. The normalized spacial score (nSPS) is 9.00. The first kappa shape index (κ1) is 8.89. The van der Waals surface area contributed by atoms with Crippen molar-refractivity contribution < 1.29 is 0 Å². The monoisotopic (exact) mass is 174 g/mol. The standard InChI is InChI=1S/C10H8NS/c1-3-9-6-8(7-11)4-5-10(9)12-2/h4-6H,1H2,2H3. The van der Waals surface area contributed by atoms with E-state index in [1.165, 1.54) is 0 Å². The second-order valence-corrected chi connectivity index (χ2v) is 3.05. The fourth-order valence-corrected chi connectivity index (χ4v) is 1.47. The zero-order valence-corrected chi connectivity index (χ0v) is 7.61. The van der Waals surface area contributed by atoms with E-state index in [4.69, 9.17) is 5.26 Å². The number of hydrogen-bond acceptors (Lipinski definition) is 2. The van der Waals surface area contributed by atoms with E-state index in [1.54, 1.807) is 23.9 Å². The molecule has 0 bridgehead atoms. The van der Waals surface area contributed by atoms with Gasteiger partial charge in [-0.2, -0.15) is 5.26 Å². The summed E-state index contributed by atoms with van der Waals surface area (Å²) in [5.74, 6) is 0. The van der Waals surface area contributed by atoms with Gasteiger partial charge >= 0.3 is 0 Å². The maximum Gasteiger partial charge on any atom is 0.0991 e. The number of hydrogen-bond donors (Lipinski definition) is 0. The van der Waals surface area contributed by atoms with Crippen molar-refractivity contribution >= 4 is 11.8 Å². The Balaban J connectivity index is 3.21. The van der Waals surface area contributed by atoms with Crippen molar-refractivity contribution in [2.75, 3.05) is 6.26 Å². The lowest BCUT2D eigenvalue weighted by atomic mass is 10.1. The van der Waals surface area contributed by atoms with Gasteiger partial charge in [0, 0.05) is 4.90 Å². The molecule has 59 valence electrons. The summed E-state index contributed by atoms with van der Waals surface area (Å²) < 4.78 is 0. The second-order valence-electron chi connectivity index (χ2n) is 2.20. The van der Waals surface area contributed by atoms with Gasteiger partial charge in [0.1, 0.15) is 0 Å². The molecule has 2 heteroatoms. The minimum atomic E-state index is 0.652. The molecule has 0 unspecified atom stereocenters. The van der Waals surface area contributed by atoms with Crippen molar-refractivity contribution in [3.8, 4) is 6.07 Å². The third-order valence-electron chi connectivity index (χ3n) is 1.52. The Morgan fingerprint density at radius 2 is 2.25 bits per heavy atom. The van der Waals surface area contributed by atoms with Gasteiger partial charge in [-0.25, -0.2) is 0 Å². The van der Waals surface area contributed by atoms with Crippen molar-refractivity contribution in [1.82, 2.24) is 0 Å². The molecule has 0 spiro atoms. The van der Waals surface area contributed by atoms with Crippen LogP contribution in [0.5, 0.6) is 0 Å². The summed E-state index contributed by atoms with van der Waals surface area (Å²) >= 11 is 1.63. The third-order valence-corrected chi connectivity index (χ3v) is 2.31. The molecule has 0 amide bonds. The Hall–Kier alpha value is -1.20. The molecule has 0 aromatic heterocycles. The molecule has 0 aliphatic carbocycles. The van der Waals surface area contributed by atoms with Gasteiger partial charge in [0.05, 0.1) is 11.6 Å². The smallest absolute Gasteiger partial charge is 0.0991 e. The summed E-state index contributed by atoms with van der Waals surface area (Å²) in [6, 6.07) is 7.58. The highest BCUT2D eigenvalue weighted by atomic mass is 32.2. The van der Waals surface area contributed by atoms with Crippen molar-refractivity contribution in [3.05, 3.63) is 42.0 Å². The summed E-state index contributed by atoms with van der Waals surface area (Å²) in [5, 5.41) is 8.62. The molecule has 0 heterocycles. The molecule has 0 N–H and O–H groups in total. The Morgan fingerprint density at radius 3 is 2.75 bits per heavy atom. The number of rotatable bonds is 2. The third kappa shape index (κ3) is 1.69. The van der Waals surface area contributed by atoms with Gasteiger partial charge in [-0.05, 0) is 36.1 Å². The van der Waals surface area contributed by atoms with Crippen LogP contribution in [0.2, 0.25) is 0 Å². The van der Waals surface area contributed by atoms with E-state index < -0.39 is 0 Å². The van der Waals surface area contributed by atoms with Crippen LogP contribution >= 0.6 is 11.8 Å². The van der Waals surface area contributed by atoms with Gasteiger partial charge in [0.2, 0.25) is 0 Å². The molecule has 12 heavy (non-hydrogen) atoms. The first-order chi connectivity index (χ1) is 5.81. The van der Waals surface area contributed by atoms with Crippen LogP contribution in [-0.2, 0) is 0 Å². The molecule has 0 saturated carbocycles. The van der Waals surface area contributed by atoms with Crippen LogP contribution in [0.4, 0.5) is 0 Å². The molecule has 0 fully saturated rings. The molecule has 1 radical (unpaired) electrons. The average molecular weight is 174 g/mol. The van der Waals surface area contributed by atoms with E-state index in [9.17, 15) is 0 Å². The van der Waals surface area contributed by atoms with Crippen LogP contribution in [-0.4, -0.2) is 6.26 Å². The SMILES string of the molecule is C=[C]c1cc(C#N)ccc1SC. The topological polar surface area (TPSA) is 23.8 Å². The lowest BCUT2D eigenvalue weighted by Gasteiger charge is -2.00. The van der Waals surface area contributed by atoms with Gasteiger partial charge < -0.3 is 0 Å². The quantitative estimate of drug-likeness (QED) is 0.643. The van der Waals surface area contributed by atoms with Crippen molar-refractivity contribution in [2.45, 2.75) is 4.90 Å². The number of nitrogens with zero attached hydrogens (tertiary/aromatic N) is 1. The van der Waals surface area contributed by atoms with E-state index in [0.29, 0.717) is 5.56 Å². The van der Waals surface area contributed by atoms with E-state index in [2.05, 4.69) is 18.7 Å². The summed E-state index contributed by atoms with van der Waals surface area (Å²) in [7, 11) is 0.